The van der Waals surface area contributed by atoms with E-state index in [0.717, 1.165) is 4.90 Å². The molecular weight excluding hydrogens is 594 g/mol. The third-order valence-corrected chi connectivity index (χ3v) is 6.73. The molecule has 12 nitrogen and oxygen atoms in total. The molecule has 0 bridgehead atoms. The van der Waals surface area contributed by atoms with Crippen LogP contribution in [0.5, 0.6) is 0 Å². The van der Waals surface area contributed by atoms with Gasteiger partial charge in [0.25, 0.3) is 0 Å². The molecule has 0 aromatic heterocycles. The zero-order valence-corrected chi connectivity index (χ0v) is 23.1. The Kier molecular flexibility index (Phi) is 12.8. The van der Waals surface area contributed by atoms with Gasteiger partial charge < -0.3 is 29.1 Å². The van der Waals surface area contributed by atoms with E-state index in [-0.39, 0.29) is 60.6 Å². The number of hydrogen-bond acceptors (Lipinski definition) is 7. The Balaban J connectivity index is 1.95. The summed E-state index contributed by atoms with van der Waals surface area (Å²) in [4.78, 5) is 69.8. The van der Waals surface area contributed by atoms with Crippen LogP contribution < -0.4 is 0 Å². The van der Waals surface area contributed by atoms with E-state index in [1.807, 2.05) is 6.92 Å². The van der Waals surface area contributed by atoms with Crippen LogP contribution in [-0.4, -0.2) is 150 Å². The average molecular weight is 627 g/mol. The van der Waals surface area contributed by atoms with Crippen LogP contribution in [-0.2, 0) is 28.7 Å². The smallest absolute Gasteiger partial charge is 0.410 e. The highest BCUT2D eigenvalue weighted by Crippen LogP contribution is 2.08. The van der Waals surface area contributed by atoms with Crippen LogP contribution in [0.1, 0.15) is 6.92 Å². The molecule has 2 saturated heterocycles. The first-order valence-corrected chi connectivity index (χ1v) is 13.8. The van der Waals surface area contributed by atoms with Crippen LogP contribution >= 0.6 is 31.9 Å². The van der Waals surface area contributed by atoms with Crippen LogP contribution in [0.2, 0.25) is 0 Å². The van der Waals surface area contributed by atoms with Crippen molar-refractivity contribution in [1.29, 1.82) is 0 Å². The first-order valence-electron chi connectivity index (χ1n) is 11.5. The highest BCUT2D eigenvalue weighted by molar-refractivity contribution is 9.09. The molecule has 0 saturated carbocycles. The standard InChI is InChI=1S/C21H33Br2N5O7/c1-2-34-11-12-35-21(33)28(15-19(31)26-7-3-24(4-8-26)17(29)13-22)16-20(32)27-9-5-25(6-10-27)18(30)14-23/h2-16H2,1H3. The number of halogens is 2. The third kappa shape index (κ3) is 9.22. The van der Waals surface area contributed by atoms with E-state index in [1.165, 1.54) is 0 Å². The van der Waals surface area contributed by atoms with Gasteiger partial charge in [-0.05, 0) is 6.92 Å². The number of hydrogen-bond donors (Lipinski definition) is 0. The van der Waals surface area contributed by atoms with Crippen molar-refractivity contribution in [2.45, 2.75) is 6.92 Å². The molecule has 0 aromatic carbocycles. The van der Waals surface area contributed by atoms with Gasteiger partial charge in [0.15, 0.2) is 0 Å². The summed E-state index contributed by atoms with van der Waals surface area (Å²) in [6.07, 6.45) is -0.771. The maximum atomic E-state index is 12.9. The van der Waals surface area contributed by atoms with Crippen molar-refractivity contribution in [2.75, 3.05) is 95.9 Å². The third-order valence-electron chi connectivity index (χ3n) is 5.77. The van der Waals surface area contributed by atoms with Gasteiger partial charge in [0.1, 0.15) is 19.7 Å². The van der Waals surface area contributed by atoms with Crippen molar-refractivity contribution in [2.24, 2.45) is 0 Å². The summed E-state index contributed by atoms with van der Waals surface area (Å²) in [5, 5.41) is 0.450. The zero-order chi connectivity index (χ0) is 25.8. The van der Waals surface area contributed by atoms with Gasteiger partial charge in [-0.15, -0.1) is 0 Å². The lowest BCUT2D eigenvalue weighted by molar-refractivity contribution is -0.141. The molecule has 2 fully saturated rings. The van der Waals surface area contributed by atoms with E-state index in [9.17, 15) is 24.0 Å². The van der Waals surface area contributed by atoms with Crippen LogP contribution in [0, 0.1) is 0 Å². The van der Waals surface area contributed by atoms with Crippen molar-refractivity contribution >= 4 is 61.6 Å². The van der Waals surface area contributed by atoms with Crippen molar-refractivity contribution in [3.63, 3.8) is 0 Å². The SMILES string of the molecule is CCOCCOC(=O)N(CC(=O)N1CCN(C(=O)CBr)CC1)CC(=O)N1CCN(C(=O)CBr)CC1. The van der Waals surface area contributed by atoms with Gasteiger partial charge in [-0.3, -0.25) is 24.1 Å². The lowest BCUT2D eigenvalue weighted by Crippen LogP contribution is -2.55. The molecular formula is C21H33Br2N5O7. The largest absolute Gasteiger partial charge is 0.447 e. The van der Waals surface area contributed by atoms with Crippen molar-refractivity contribution in [1.82, 2.24) is 24.5 Å². The van der Waals surface area contributed by atoms with Gasteiger partial charge in [0, 0.05) is 59.0 Å². The van der Waals surface area contributed by atoms with Gasteiger partial charge in [-0.25, -0.2) is 4.79 Å². The number of piperazine rings is 2. The molecule has 14 heteroatoms. The van der Waals surface area contributed by atoms with Gasteiger partial charge >= 0.3 is 6.09 Å². The Morgan fingerprint density at radius 2 is 1.03 bits per heavy atom. The summed E-state index contributed by atoms with van der Waals surface area (Å²) < 4.78 is 10.4. The van der Waals surface area contributed by atoms with E-state index in [1.54, 1.807) is 19.6 Å². The number of nitrogens with zero attached hydrogens (tertiary/aromatic N) is 5. The molecule has 2 aliphatic heterocycles. The number of rotatable bonds is 10. The maximum Gasteiger partial charge on any atom is 0.410 e. The number of carbonyl (C=O) groups is 5. The fourth-order valence-electron chi connectivity index (χ4n) is 3.71. The molecule has 0 aromatic rings. The second-order valence-electron chi connectivity index (χ2n) is 7.96. The quantitative estimate of drug-likeness (QED) is 0.239. The molecule has 0 atom stereocenters. The molecule has 0 N–H and O–H groups in total. The molecule has 0 unspecified atom stereocenters. The summed E-state index contributed by atoms with van der Waals surface area (Å²) >= 11 is 6.29. The van der Waals surface area contributed by atoms with Gasteiger partial charge in [-0.2, -0.15) is 0 Å². The second kappa shape index (κ2) is 15.2. The molecule has 198 valence electrons. The first kappa shape index (κ1) is 29.3. The summed E-state index contributed by atoms with van der Waals surface area (Å²) in [6, 6.07) is 0. The Morgan fingerprint density at radius 3 is 1.37 bits per heavy atom. The normalized spacial score (nSPS) is 16.2. The van der Waals surface area contributed by atoms with Gasteiger partial charge in [0.2, 0.25) is 23.6 Å². The molecule has 0 radical (unpaired) electrons. The van der Waals surface area contributed by atoms with Crippen LogP contribution in [0.3, 0.4) is 0 Å². The number of amides is 5. The predicted molar refractivity (Wildman–Crippen MR) is 133 cm³/mol. The lowest BCUT2D eigenvalue weighted by Gasteiger charge is -2.36. The van der Waals surface area contributed by atoms with E-state index >= 15 is 0 Å². The number of carbonyl (C=O) groups excluding carboxylic acids is 5. The van der Waals surface area contributed by atoms with Crippen LogP contribution in [0.4, 0.5) is 4.79 Å². The Labute approximate surface area is 222 Å². The summed E-state index contributed by atoms with van der Waals surface area (Å²) in [5.74, 6) is -0.725. The Morgan fingerprint density at radius 1 is 0.657 bits per heavy atom. The fraction of sp³-hybridized carbons (Fsp3) is 0.762. The monoisotopic (exact) mass is 625 g/mol. The molecule has 2 rings (SSSR count). The number of ether oxygens (including phenoxy) is 2. The molecule has 35 heavy (non-hydrogen) atoms. The van der Waals surface area contributed by atoms with Crippen LogP contribution in [0.25, 0.3) is 0 Å². The lowest BCUT2D eigenvalue weighted by atomic mass is 10.3. The van der Waals surface area contributed by atoms with E-state index in [0.29, 0.717) is 59.0 Å². The van der Waals surface area contributed by atoms with Crippen LogP contribution in [0.15, 0.2) is 0 Å². The summed E-state index contributed by atoms with van der Waals surface area (Å²) in [6.45, 7) is 4.92. The molecule has 5 amide bonds. The van der Waals surface area contributed by atoms with E-state index in [4.69, 9.17) is 9.47 Å². The molecule has 2 aliphatic rings. The highest BCUT2D eigenvalue weighted by Gasteiger charge is 2.30. The average Bonchev–Trinajstić information content (AvgIpc) is 2.89. The number of alkyl halides is 2. The first-order chi connectivity index (χ1) is 16.8. The molecule has 0 spiro atoms. The molecule has 0 aliphatic carbocycles. The molecule has 2 heterocycles. The van der Waals surface area contributed by atoms with Crippen molar-refractivity contribution in [3.8, 4) is 0 Å². The summed E-state index contributed by atoms with van der Waals surface area (Å²) in [7, 11) is 0. The highest BCUT2D eigenvalue weighted by atomic mass is 79.9. The summed E-state index contributed by atoms with van der Waals surface area (Å²) in [5.41, 5.74) is 0. The minimum absolute atomic E-state index is 0.00617. The van der Waals surface area contributed by atoms with Gasteiger partial charge in [-0.1, -0.05) is 31.9 Å². The minimum Gasteiger partial charge on any atom is -0.447 e. The van der Waals surface area contributed by atoms with Crippen molar-refractivity contribution in [3.05, 3.63) is 0 Å². The topological polar surface area (TPSA) is 120 Å². The van der Waals surface area contributed by atoms with E-state index < -0.39 is 6.09 Å². The minimum atomic E-state index is -0.771. The van der Waals surface area contributed by atoms with Gasteiger partial charge in [0.05, 0.1) is 17.3 Å². The maximum absolute atomic E-state index is 12.9. The Bertz CT molecular complexity index is 706. The van der Waals surface area contributed by atoms with E-state index in [2.05, 4.69) is 31.9 Å². The zero-order valence-electron chi connectivity index (χ0n) is 20.0. The fourth-order valence-corrected chi connectivity index (χ4v) is 4.42. The Hall–Kier alpha value is -1.93. The predicted octanol–water partition coefficient (Wildman–Crippen LogP) is -0.407. The van der Waals surface area contributed by atoms with Crippen molar-refractivity contribution < 1.29 is 33.4 Å². The second-order valence-corrected chi connectivity index (χ2v) is 9.08.